The smallest absolute Gasteiger partial charge is 0.266 e. The second-order valence-electron chi connectivity index (χ2n) is 5.53. The molecule has 2 aromatic heterocycles. The van der Waals surface area contributed by atoms with Crippen molar-refractivity contribution in [3.05, 3.63) is 69.8 Å². The van der Waals surface area contributed by atoms with E-state index in [1.165, 1.54) is 28.2 Å². The minimum absolute atomic E-state index is 0.0774. The predicted molar refractivity (Wildman–Crippen MR) is 96.0 cm³/mol. The summed E-state index contributed by atoms with van der Waals surface area (Å²) < 4.78 is 27.7. The highest BCUT2D eigenvalue weighted by atomic mass is 32.1. The molecule has 0 radical (unpaired) electrons. The topological polar surface area (TPSA) is 64.0 Å². The van der Waals surface area contributed by atoms with E-state index >= 15 is 0 Å². The van der Waals surface area contributed by atoms with E-state index < -0.39 is 17.5 Å². The molecule has 3 rings (SSSR count). The van der Waals surface area contributed by atoms with Gasteiger partial charge < -0.3 is 5.32 Å². The van der Waals surface area contributed by atoms with E-state index in [-0.39, 0.29) is 24.2 Å². The van der Waals surface area contributed by atoms with Crippen LogP contribution in [0.25, 0.3) is 10.6 Å². The first-order valence-corrected chi connectivity index (χ1v) is 8.78. The van der Waals surface area contributed by atoms with Crippen LogP contribution in [0.4, 0.5) is 14.5 Å². The molecule has 0 aliphatic rings. The molecule has 1 aromatic carbocycles. The molecule has 0 saturated heterocycles. The number of thiophene rings is 1. The summed E-state index contributed by atoms with van der Waals surface area (Å²) >= 11 is 1.52. The number of anilines is 1. The molecule has 5 nitrogen and oxygen atoms in total. The van der Waals surface area contributed by atoms with Crippen LogP contribution in [0.2, 0.25) is 0 Å². The maximum absolute atomic E-state index is 13.5. The maximum Gasteiger partial charge on any atom is 0.266 e. The molecular weight excluding hydrogens is 360 g/mol. The quantitative estimate of drug-likeness (QED) is 0.715. The van der Waals surface area contributed by atoms with E-state index in [2.05, 4.69) is 10.4 Å². The van der Waals surface area contributed by atoms with Gasteiger partial charge in [-0.3, -0.25) is 9.59 Å². The van der Waals surface area contributed by atoms with E-state index in [1.54, 1.807) is 6.07 Å². The van der Waals surface area contributed by atoms with Gasteiger partial charge in [-0.1, -0.05) is 6.07 Å². The monoisotopic (exact) mass is 375 g/mol. The molecular formula is C18H15F2N3O2S. The highest BCUT2D eigenvalue weighted by Crippen LogP contribution is 2.21. The van der Waals surface area contributed by atoms with Crippen molar-refractivity contribution in [3.8, 4) is 10.6 Å². The minimum Gasteiger partial charge on any atom is -0.324 e. The Kier molecular flexibility index (Phi) is 5.52. The van der Waals surface area contributed by atoms with Gasteiger partial charge >= 0.3 is 0 Å². The molecule has 26 heavy (non-hydrogen) atoms. The summed E-state index contributed by atoms with van der Waals surface area (Å²) in [6.07, 6.45) is 0.434. The van der Waals surface area contributed by atoms with Crippen LogP contribution in [0.3, 0.4) is 0 Å². The Hall–Kier alpha value is -2.87. The van der Waals surface area contributed by atoms with Crippen LogP contribution < -0.4 is 10.9 Å². The van der Waals surface area contributed by atoms with Crippen LogP contribution in [-0.4, -0.2) is 15.7 Å². The fraction of sp³-hybridized carbons (Fsp3) is 0.167. The van der Waals surface area contributed by atoms with E-state index in [0.717, 1.165) is 10.9 Å². The zero-order valence-corrected chi connectivity index (χ0v) is 14.4. The van der Waals surface area contributed by atoms with Crippen LogP contribution in [0.1, 0.15) is 12.8 Å². The van der Waals surface area contributed by atoms with Gasteiger partial charge in [0.1, 0.15) is 17.3 Å². The number of halogens is 2. The van der Waals surface area contributed by atoms with Crippen LogP contribution >= 0.6 is 11.3 Å². The summed E-state index contributed by atoms with van der Waals surface area (Å²) in [5.74, 6) is -1.96. The van der Waals surface area contributed by atoms with Crippen molar-refractivity contribution in [2.45, 2.75) is 19.4 Å². The SMILES string of the molecule is O=C(CCCn1nc(-c2cccs2)ccc1=O)Nc1ccc(F)cc1F. The lowest BCUT2D eigenvalue weighted by Crippen LogP contribution is -2.23. The lowest BCUT2D eigenvalue weighted by molar-refractivity contribution is -0.116. The van der Waals surface area contributed by atoms with E-state index in [4.69, 9.17) is 0 Å². The average Bonchev–Trinajstić information content (AvgIpc) is 3.14. The van der Waals surface area contributed by atoms with Gasteiger partial charge in [0.05, 0.1) is 10.6 Å². The Morgan fingerprint density at radius 1 is 1.19 bits per heavy atom. The zero-order valence-electron chi connectivity index (χ0n) is 13.6. The third kappa shape index (κ3) is 4.40. The lowest BCUT2D eigenvalue weighted by Gasteiger charge is -2.08. The molecule has 2 heterocycles. The second kappa shape index (κ2) is 8.01. The molecule has 0 fully saturated rings. The summed E-state index contributed by atoms with van der Waals surface area (Å²) in [6, 6.07) is 9.85. The van der Waals surface area contributed by atoms with E-state index in [9.17, 15) is 18.4 Å². The Balaban J connectivity index is 1.58. The van der Waals surface area contributed by atoms with E-state index in [0.29, 0.717) is 18.2 Å². The summed E-state index contributed by atoms with van der Waals surface area (Å²) in [5, 5.41) is 8.61. The van der Waals surface area contributed by atoms with Gasteiger partial charge in [-0.25, -0.2) is 13.5 Å². The molecule has 0 atom stereocenters. The number of carbonyl (C=O) groups excluding carboxylic acids is 1. The first kappa shape index (κ1) is 17.9. The molecule has 0 unspecified atom stereocenters. The van der Waals surface area contributed by atoms with E-state index in [1.807, 2.05) is 17.5 Å². The molecule has 8 heteroatoms. The van der Waals surface area contributed by atoms with Gasteiger partial charge in [0.25, 0.3) is 5.56 Å². The maximum atomic E-state index is 13.5. The zero-order chi connectivity index (χ0) is 18.5. The summed E-state index contributed by atoms with van der Waals surface area (Å²) in [5.41, 5.74) is 0.360. The number of rotatable bonds is 6. The second-order valence-corrected chi connectivity index (χ2v) is 6.48. The first-order valence-electron chi connectivity index (χ1n) is 7.90. The van der Waals surface area contributed by atoms with Crippen molar-refractivity contribution in [2.75, 3.05) is 5.32 Å². The molecule has 134 valence electrons. The van der Waals surface area contributed by atoms with Crippen molar-refractivity contribution in [1.29, 1.82) is 0 Å². The van der Waals surface area contributed by atoms with Crippen LogP contribution in [-0.2, 0) is 11.3 Å². The number of nitrogens with zero attached hydrogens (tertiary/aromatic N) is 2. The predicted octanol–water partition coefficient (Wildman–Crippen LogP) is 3.67. The third-order valence-electron chi connectivity index (χ3n) is 3.62. The highest BCUT2D eigenvalue weighted by molar-refractivity contribution is 7.13. The molecule has 3 aromatic rings. The molecule has 0 aliphatic carbocycles. The van der Waals surface area contributed by atoms with Crippen LogP contribution in [0.5, 0.6) is 0 Å². The van der Waals surface area contributed by atoms with Crippen molar-refractivity contribution >= 4 is 22.9 Å². The van der Waals surface area contributed by atoms with Crippen molar-refractivity contribution in [1.82, 2.24) is 9.78 Å². The number of aromatic nitrogens is 2. The number of aryl methyl sites for hydroxylation is 1. The van der Waals surface area contributed by atoms with Crippen LogP contribution in [0, 0.1) is 11.6 Å². The summed E-state index contributed by atoms with van der Waals surface area (Å²) in [7, 11) is 0. The Labute approximate surface area is 151 Å². The molecule has 1 N–H and O–H groups in total. The molecule has 1 amide bonds. The number of carbonyl (C=O) groups is 1. The van der Waals surface area contributed by atoms with Gasteiger partial charge in [-0.2, -0.15) is 5.10 Å². The summed E-state index contributed by atoms with van der Waals surface area (Å²) in [6.45, 7) is 0.261. The van der Waals surface area contributed by atoms with Gasteiger partial charge in [-0.15, -0.1) is 11.3 Å². The largest absolute Gasteiger partial charge is 0.324 e. The summed E-state index contributed by atoms with van der Waals surface area (Å²) in [4.78, 5) is 24.8. The number of hydrogen-bond donors (Lipinski definition) is 1. The standard InChI is InChI=1S/C18H15F2N3O2S/c19-12-5-6-14(13(20)11-12)21-17(24)4-1-9-23-18(25)8-7-15(22-23)16-3-2-10-26-16/h2-3,5-8,10-11H,1,4,9H2,(H,21,24). The van der Waals surface area contributed by atoms with Crippen molar-refractivity contribution in [3.63, 3.8) is 0 Å². The molecule has 0 saturated carbocycles. The Morgan fingerprint density at radius 3 is 2.77 bits per heavy atom. The molecule has 0 aliphatic heterocycles. The number of hydrogen-bond acceptors (Lipinski definition) is 4. The van der Waals surface area contributed by atoms with Gasteiger partial charge in [-0.05, 0) is 36.1 Å². The Morgan fingerprint density at radius 2 is 2.04 bits per heavy atom. The molecule has 0 spiro atoms. The average molecular weight is 375 g/mol. The van der Waals surface area contributed by atoms with Gasteiger partial charge in [0, 0.05) is 25.1 Å². The van der Waals surface area contributed by atoms with Gasteiger partial charge in [0.2, 0.25) is 5.91 Å². The van der Waals surface area contributed by atoms with Crippen molar-refractivity contribution in [2.24, 2.45) is 0 Å². The number of nitrogens with one attached hydrogen (secondary N) is 1. The molecule has 0 bridgehead atoms. The Bertz CT molecular complexity index is 971. The normalized spacial score (nSPS) is 10.7. The van der Waals surface area contributed by atoms with Crippen LogP contribution in [0.15, 0.2) is 52.6 Å². The van der Waals surface area contributed by atoms with Gasteiger partial charge in [0.15, 0.2) is 0 Å². The highest BCUT2D eigenvalue weighted by Gasteiger charge is 2.09. The fourth-order valence-electron chi connectivity index (χ4n) is 2.36. The number of amides is 1. The first-order chi connectivity index (χ1) is 12.5. The fourth-order valence-corrected chi connectivity index (χ4v) is 3.05. The minimum atomic E-state index is -0.833. The third-order valence-corrected chi connectivity index (χ3v) is 4.51. The number of benzene rings is 1. The lowest BCUT2D eigenvalue weighted by atomic mass is 10.2. The van der Waals surface area contributed by atoms with Crippen molar-refractivity contribution < 1.29 is 13.6 Å².